The molecule has 0 saturated carbocycles. The molecule has 7 heteroatoms. The summed E-state index contributed by atoms with van der Waals surface area (Å²) in [5, 5.41) is 17.4. The monoisotopic (exact) mass is 434 g/mol. The van der Waals surface area contributed by atoms with Gasteiger partial charge in [-0.3, -0.25) is 9.69 Å². The van der Waals surface area contributed by atoms with Crippen LogP contribution in [0.1, 0.15) is 11.1 Å². The first-order valence-corrected chi connectivity index (χ1v) is 10.4. The summed E-state index contributed by atoms with van der Waals surface area (Å²) in [6, 6.07) is 25.2. The van der Waals surface area contributed by atoms with Crippen molar-refractivity contribution in [3.05, 3.63) is 83.9 Å². The number of aliphatic carboxylic acids is 2. The largest absolute Gasteiger partial charge is 0.473 e. The van der Waals surface area contributed by atoms with Gasteiger partial charge in [-0.15, -0.1) is 0 Å². The molecule has 1 aliphatic rings. The molecule has 1 heterocycles. The van der Waals surface area contributed by atoms with Crippen LogP contribution >= 0.6 is 0 Å². The van der Waals surface area contributed by atoms with Gasteiger partial charge in [0.25, 0.3) is 0 Å². The molecule has 166 valence electrons. The molecule has 0 unspecified atom stereocenters. The standard InChI is InChI=1S/C23H24N2O.C2H2O4/c26-23(17-19-6-2-1-3-7-19)25-14-12-24(13-15-25)18-20-10-11-21-8-4-5-9-22(21)16-20;3-1(4)2(5)6/h1-11,16H,12-15,17-18H2;(H,3,4)(H,5,6). The Morgan fingerprint density at radius 3 is 1.91 bits per heavy atom. The fourth-order valence-corrected chi connectivity index (χ4v) is 3.63. The first kappa shape index (κ1) is 23.0. The quantitative estimate of drug-likeness (QED) is 0.613. The maximum Gasteiger partial charge on any atom is 0.414 e. The zero-order chi connectivity index (χ0) is 22.9. The van der Waals surface area contributed by atoms with Crippen molar-refractivity contribution in [3.8, 4) is 0 Å². The fraction of sp³-hybridized carbons (Fsp3) is 0.240. The van der Waals surface area contributed by atoms with Gasteiger partial charge in [-0.05, 0) is 28.0 Å². The number of nitrogens with zero attached hydrogens (tertiary/aromatic N) is 2. The molecule has 0 spiro atoms. The van der Waals surface area contributed by atoms with Crippen molar-refractivity contribution >= 4 is 28.6 Å². The summed E-state index contributed by atoms with van der Waals surface area (Å²) in [6.45, 7) is 4.46. The van der Waals surface area contributed by atoms with E-state index in [4.69, 9.17) is 19.8 Å². The van der Waals surface area contributed by atoms with Crippen molar-refractivity contribution in [2.45, 2.75) is 13.0 Å². The van der Waals surface area contributed by atoms with E-state index in [0.717, 1.165) is 38.3 Å². The first-order valence-electron chi connectivity index (χ1n) is 10.4. The van der Waals surface area contributed by atoms with Crippen LogP contribution in [0.2, 0.25) is 0 Å². The summed E-state index contributed by atoms with van der Waals surface area (Å²) in [7, 11) is 0. The Hall–Kier alpha value is -3.71. The Kier molecular flexibility index (Phi) is 7.94. The highest BCUT2D eigenvalue weighted by molar-refractivity contribution is 6.27. The number of carbonyl (C=O) groups excluding carboxylic acids is 1. The van der Waals surface area contributed by atoms with Gasteiger partial charge >= 0.3 is 11.9 Å². The van der Waals surface area contributed by atoms with Crippen LogP contribution in [-0.2, 0) is 27.3 Å². The van der Waals surface area contributed by atoms with E-state index in [2.05, 4.69) is 47.4 Å². The van der Waals surface area contributed by atoms with Gasteiger partial charge < -0.3 is 15.1 Å². The summed E-state index contributed by atoms with van der Waals surface area (Å²) in [6.07, 6.45) is 0.505. The molecule has 0 aromatic heterocycles. The highest BCUT2D eigenvalue weighted by Gasteiger charge is 2.21. The van der Waals surface area contributed by atoms with Crippen LogP contribution in [0.4, 0.5) is 0 Å². The smallest absolute Gasteiger partial charge is 0.414 e. The van der Waals surface area contributed by atoms with E-state index in [1.807, 2.05) is 35.2 Å². The number of hydrogen-bond acceptors (Lipinski definition) is 4. The average molecular weight is 434 g/mol. The number of benzene rings is 3. The molecule has 1 fully saturated rings. The van der Waals surface area contributed by atoms with Gasteiger partial charge in [-0.1, -0.05) is 66.7 Å². The predicted octanol–water partition coefficient (Wildman–Crippen LogP) is 2.88. The second-order valence-electron chi connectivity index (χ2n) is 7.61. The van der Waals surface area contributed by atoms with Crippen LogP contribution in [0.15, 0.2) is 72.8 Å². The number of carboxylic acids is 2. The van der Waals surface area contributed by atoms with Crippen molar-refractivity contribution in [3.63, 3.8) is 0 Å². The first-order chi connectivity index (χ1) is 15.4. The summed E-state index contributed by atoms with van der Waals surface area (Å²) in [4.78, 5) is 35.1. The predicted molar refractivity (Wildman–Crippen MR) is 121 cm³/mol. The SMILES string of the molecule is O=C(Cc1ccccc1)N1CCN(Cc2ccc3ccccc3c2)CC1.O=C(O)C(=O)O. The molecule has 1 aliphatic heterocycles. The number of rotatable bonds is 4. The topological polar surface area (TPSA) is 98.2 Å². The van der Waals surface area contributed by atoms with Crippen molar-refractivity contribution < 1.29 is 24.6 Å². The molecule has 0 atom stereocenters. The van der Waals surface area contributed by atoms with Gasteiger partial charge in [0.1, 0.15) is 0 Å². The minimum Gasteiger partial charge on any atom is -0.473 e. The molecular weight excluding hydrogens is 408 g/mol. The molecule has 3 aromatic rings. The summed E-state index contributed by atoms with van der Waals surface area (Å²) < 4.78 is 0. The van der Waals surface area contributed by atoms with Crippen LogP contribution in [0, 0.1) is 0 Å². The molecule has 1 saturated heterocycles. The Bertz CT molecular complexity index is 1060. The molecule has 0 bridgehead atoms. The van der Waals surface area contributed by atoms with Crippen molar-refractivity contribution in [2.24, 2.45) is 0 Å². The highest BCUT2D eigenvalue weighted by atomic mass is 16.4. The highest BCUT2D eigenvalue weighted by Crippen LogP contribution is 2.17. The van der Waals surface area contributed by atoms with Crippen LogP contribution < -0.4 is 0 Å². The van der Waals surface area contributed by atoms with Gasteiger partial charge in [-0.25, -0.2) is 9.59 Å². The second kappa shape index (κ2) is 11.1. The zero-order valence-corrected chi connectivity index (χ0v) is 17.7. The lowest BCUT2D eigenvalue weighted by molar-refractivity contribution is -0.159. The molecule has 0 aliphatic carbocycles. The van der Waals surface area contributed by atoms with Gasteiger partial charge in [0, 0.05) is 32.7 Å². The Balaban J connectivity index is 0.000000427. The minimum atomic E-state index is -1.82. The number of carbonyl (C=O) groups is 3. The summed E-state index contributed by atoms with van der Waals surface area (Å²) in [5.74, 6) is -3.41. The molecule has 1 amide bonds. The molecule has 2 N–H and O–H groups in total. The average Bonchev–Trinajstić information content (AvgIpc) is 2.80. The van der Waals surface area contributed by atoms with Gasteiger partial charge in [0.05, 0.1) is 6.42 Å². The second-order valence-corrected chi connectivity index (χ2v) is 7.61. The van der Waals surface area contributed by atoms with E-state index >= 15 is 0 Å². The van der Waals surface area contributed by atoms with Gasteiger partial charge in [0.2, 0.25) is 5.91 Å². The number of carboxylic acid groups (broad SMARTS) is 2. The fourth-order valence-electron chi connectivity index (χ4n) is 3.63. The maximum absolute atomic E-state index is 12.5. The Morgan fingerprint density at radius 2 is 1.28 bits per heavy atom. The van der Waals surface area contributed by atoms with Crippen LogP contribution in [0.5, 0.6) is 0 Å². The van der Waals surface area contributed by atoms with E-state index in [0.29, 0.717) is 6.42 Å². The number of fused-ring (bicyclic) bond motifs is 1. The minimum absolute atomic E-state index is 0.238. The summed E-state index contributed by atoms with van der Waals surface area (Å²) in [5.41, 5.74) is 2.43. The van der Waals surface area contributed by atoms with Crippen LogP contribution in [0.25, 0.3) is 10.8 Å². The Labute approximate surface area is 186 Å². The molecule has 32 heavy (non-hydrogen) atoms. The van der Waals surface area contributed by atoms with E-state index in [1.54, 1.807) is 0 Å². The molecule has 0 radical (unpaired) electrons. The van der Waals surface area contributed by atoms with Gasteiger partial charge in [-0.2, -0.15) is 0 Å². The lowest BCUT2D eigenvalue weighted by Crippen LogP contribution is -2.48. The number of piperazine rings is 1. The zero-order valence-electron chi connectivity index (χ0n) is 17.7. The van der Waals surface area contributed by atoms with Crippen molar-refractivity contribution in [1.29, 1.82) is 0 Å². The lowest BCUT2D eigenvalue weighted by Gasteiger charge is -2.35. The molecule has 4 rings (SSSR count). The van der Waals surface area contributed by atoms with Crippen molar-refractivity contribution in [2.75, 3.05) is 26.2 Å². The van der Waals surface area contributed by atoms with E-state index < -0.39 is 11.9 Å². The van der Waals surface area contributed by atoms with Crippen LogP contribution in [0.3, 0.4) is 0 Å². The lowest BCUT2D eigenvalue weighted by atomic mass is 10.1. The maximum atomic E-state index is 12.5. The van der Waals surface area contributed by atoms with Gasteiger partial charge in [0.15, 0.2) is 0 Å². The molecule has 7 nitrogen and oxygen atoms in total. The third kappa shape index (κ3) is 6.65. The van der Waals surface area contributed by atoms with Crippen molar-refractivity contribution in [1.82, 2.24) is 9.80 Å². The van der Waals surface area contributed by atoms with E-state index in [-0.39, 0.29) is 5.91 Å². The third-order valence-electron chi connectivity index (χ3n) is 5.33. The summed E-state index contributed by atoms with van der Waals surface area (Å²) >= 11 is 0. The third-order valence-corrected chi connectivity index (χ3v) is 5.33. The van der Waals surface area contributed by atoms with E-state index in [1.165, 1.54) is 16.3 Å². The van der Waals surface area contributed by atoms with Crippen LogP contribution in [-0.4, -0.2) is 64.0 Å². The Morgan fingerprint density at radius 1 is 0.688 bits per heavy atom. The normalized spacial score (nSPS) is 13.8. The molecule has 3 aromatic carbocycles. The molecular formula is C25H26N2O5. The number of amides is 1. The van der Waals surface area contributed by atoms with E-state index in [9.17, 15) is 4.79 Å². The number of hydrogen-bond donors (Lipinski definition) is 2.